The van der Waals surface area contributed by atoms with Crippen molar-refractivity contribution >= 4 is 34.7 Å². The molecule has 2 N–H and O–H groups in total. The molecule has 0 aliphatic heterocycles. The molecule has 3 aromatic heterocycles. The fourth-order valence-electron chi connectivity index (χ4n) is 3.16. The first-order chi connectivity index (χ1) is 15.5. The second-order valence-electron chi connectivity index (χ2n) is 6.74. The van der Waals surface area contributed by atoms with Crippen LogP contribution in [0.4, 0.5) is 33.5 Å². The van der Waals surface area contributed by atoms with E-state index < -0.39 is 36.4 Å². The van der Waals surface area contributed by atoms with Gasteiger partial charge in [-0.15, -0.1) is 0 Å². The molecule has 0 aliphatic rings. The van der Waals surface area contributed by atoms with E-state index in [1.54, 1.807) is 0 Å². The molecule has 0 radical (unpaired) electrons. The number of anilines is 2. The number of alkyl halides is 5. The number of aromatic nitrogens is 5. The highest BCUT2D eigenvalue weighted by Gasteiger charge is 2.38. The van der Waals surface area contributed by atoms with Gasteiger partial charge in [-0.1, -0.05) is 11.6 Å². The lowest BCUT2D eigenvalue weighted by molar-refractivity contribution is -0.141. The summed E-state index contributed by atoms with van der Waals surface area (Å²) in [6.45, 7) is -0.999. The van der Waals surface area contributed by atoms with Crippen molar-refractivity contribution in [2.45, 2.75) is 19.1 Å². The van der Waals surface area contributed by atoms with Crippen LogP contribution < -0.4 is 5.32 Å². The number of carboxylic acids is 1. The maximum Gasteiger partial charge on any atom is 0.435 e. The normalized spacial score (nSPS) is 12.0. The SMILES string of the molecule is O=C(O)c1ccc(Nc2nccn3c(-c4cn(CC(F)F)nc4C(F)(F)F)cnc23)cc1Cl. The largest absolute Gasteiger partial charge is 0.478 e. The zero-order valence-electron chi connectivity index (χ0n) is 16.2. The van der Waals surface area contributed by atoms with Crippen molar-refractivity contribution < 1.29 is 31.9 Å². The average Bonchev–Trinajstić information content (AvgIpc) is 3.31. The highest BCUT2D eigenvalue weighted by Crippen LogP contribution is 2.37. The molecular weight excluding hydrogens is 475 g/mol. The van der Waals surface area contributed by atoms with Gasteiger partial charge in [0.15, 0.2) is 17.2 Å². The first-order valence-electron chi connectivity index (χ1n) is 9.09. The first kappa shape index (κ1) is 22.5. The molecule has 14 heteroatoms. The van der Waals surface area contributed by atoms with E-state index in [0.29, 0.717) is 10.4 Å². The molecule has 0 saturated heterocycles. The monoisotopic (exact) mass is 486 g/mol. The third kappa shape index (κ3) is 4.44. The number of carboxylic acid groups (broad SMARTS) is 1. The number of hydrogen-bond acceptors (Lipinski definition) is 5. The van der Waals surface area contributed by atoms with Gasteiger partial charge in [0.2, 0.25) is 0 Å². The highest BCUT2D eigenvalue weighted by atomic mass is 35.5. The molecular formula is C19H12ClF5N6O2. The van der Waals surface area contributed by atoms with Gasteiger partial charge in [0.05, 0.1) is 28.0 Å². The standard InChI is InChI=1S/C19H12ClF5N6O2/c20-12-5-9(1-2-10(12)18(32)33)28-16-17-27-6-13(31(17)4-3-26-16)11-7-30(8-14(21)22)29-15(11)19(23,24)25/h1-7,14H,8H2,(H,26,28)(H,32,33). The Morgan fingerprint density at radius 1 is 1.24 bits per heavy atom. The molecule has 172 valence electrons. The van der Waals surface area contributed by atoms with Crippen LogP contribution in [0.5, 0.6) is 0 Å². The van der Waals surface area contributed by atoms with Crippen LogP contribution in [0, 0.1) is 0 Å². The van der Waals surface area contributed by atoms with E-state index in [0.717, 1.165) is 12.4 Å². The molecule has 33 heavy (non-hydrogen) atoms. The molecule has 0 fully saturated rings. The second kappa shape index (κ2) is 8.31. The number of nitrogens with zero attached hydrogens (tertiary/aromatic N) is 5. The Balaban J connectivity index is 1.76. The predicted octanol–water partition coefficient (Wildman–Crippen LogP) is 4.97. The molecule has 0 bridgehead atoms. The van der Waals surface area contributed by atoms with Crippen molar-refractivity contribution in [3.8, 4) is 11.3 Å². The molecule has 4 aromatic rings. The Morgan fingerprint density at radius 2 is 2.00 bits per heavy atom. The molecule has 0 saturated carbocycles. The van der Waals surface area contributed by atoms with Gasteiger partial charge in [-0.2, -0.15) is 18.3 Å². The lowest BCUT2D eigenvalue weighted by Gasteiger charge is -2.09. The molecule has 0 aliphatic carbocycles. The van der Waals surface area contributed by atoms with Gasteiger partial charge < -0.3 is 10.4 Å². The Morgan fingerprint density at radius 3 is 2.64 bits per heavy atom. The Labute approximate surface area is 186 Å². The molecule has 0 atom stereocenters. The molecule has 1 aromatic carbocycles. The third-order valence-electron chi connectivity index (χ3n) is 4.52. The number of imidazole rings is 1. The van der Waals surface area contributed by atoms with Crippen molar-refractivity contribution in [1.29, 1.82) is 0 Å². The fourth-order valence-corrected chi connectivity index (χ4v) is 3.42. The zero-order chi connectivity index (χ0) is 23.9. The van der Waals surface area contributed by atoms with E-state index in [4.69, 9.17) is 16.7 Å². The summed E-state index contributed by atoms with van der Waals surface area (Å²) in [7, 11) is 0. The maximum absolute atomic E-state index is 13.5. The molecule has 3 heterocycles. The number of rotatable bonds is 6. The Bertz CT molecular complexity index is 1350. The van der Waals surface area contributed by atoms with Crippen LogP contribution in [-0.2, 0) is 12.7 Å². The lowest BCUT2D eigenvalue weighted by Crippen LogP contribution is -2.11. The van der Waals surface area contributed by atoms with Crippen molar-refractivity contribution in [2.24, 2.45) is 0 Å². The summed E-state index contributed by atoms with van der Waals surface area (Å²) < 4.78 is 67.8. The van der Waals surface area contributed by atoms with Crippen molar-refractivity contribution in [3.63, 3.8) is 0 Å². The number of fused-ring (bicyclic) bond motifs is 1. The van der Waals surface area contributed by atoms with Crippen LogP contribution in [0.15, 0.2) is 43.0 Å². The van der Waals surface area contributed by atoms with Crippen LogP contribution in [0.3, 0.4) is 0 Å². The van der Waals surface area contributed by atoms with E-state index in [1.165, 1.54) is 35.0 Å². The predicted molar refractivity (Wildman–Crippen MR) is 107 cm³/mol. The van der Waals surface area contributed by atoms with Crippen molar-refractivity contribution in [2.75, 3.05) is 5.32 Å². The van der Waals surface area contributed by atoms with Gasteiger partial charge in [0, 0.05) is 24.3 Å². The quantitative estimate of drug-likeness (QED) is 0.373. The maximum atomic E-state index is 13.5. The molecule has 0 unspecified atom stereocenters. The first-order valence-corrected chi connectivity index (χ1v) is 9.47. The number of carbonyl (C=O) groups is 1. The molecule has 0 amide bonds. The molecule has 4 rings (SSSR count). The summed E-state index contributed by atoms with van der Waals surface area (Å²) in [5, 5.41) is 15.2. The minimum absolute atomic E-state index is 0.0373. The number of aromatic carboxylic acids is 1. The van der Waals surface area contributed by atoms with Gasteiger partial charge in [-0.25, -0.2) is 23.5 Å². The Hall–Kier alpha value is -3.74. The minimum atomic E-state index is -4.89. The summed E-state index contributed by atoms with van der Waals surface area (Å²) in [5.41, 5.74) is -1.43. The topological polar surface area (TPSA) is 97.3 Å². The number of halogens is 6. The van der Waals surface area contributed by atoms with Gasteiger partial charge in [0.25, 0.3) is 6.43 Å². The summed E-state index contributed by atoms with van der Waals surface area (Å²) in [5.74, 6) is -1.08. The average molecular weight is 487 g/mol. The summed E-state index contributed by atoms with van der Waals surface area (Å²) >= 11 is 5.96. The minimum Gasteiger partial charge on any atom is -0.478 e. The molecule has 8 nitrogen and oxygen atoms in total. The lowest BCUT2D eigenvalue weighted by atomic mass is 10.2. The molecule has 0 spiro atoms. The van der Waals surface area contributed by atoms with Gasteiger partial charge in [-0.3, -0.25) is 9.08 Å². The summed E-state index contributed by atoms with van der Waals surface area (Å²) in [6.07, 6.45) is -3.10. The van der Waals surface area contributed by atoms with E-state index in [9.17, 15) is 26.7 Å². The van der Waals surface area contributed by atoms with E-state index in [2.05, 4.69) is 20.4 Å². The van der Waals surface area contributed by atoms with Gasteiger partial charge in [0.1, 0.15) is 6.54 Å². The number of nitrogens with one attached hydrogen (secondary N) is 1. The Kier molecular flexibility index (Phi) is 5.66. The third-order valence-corrected chi connectivity index (χ3v) is 4.83. The van der Waals surface area contributed by atoms with Gasteiger partial charge in [-0.05, 0) is 18.2 Å². The number of benzene rings is 1. The second-order valence-corrected chi connectivity index (χ2v) is 7.15. The van der Waals surface area contributed by atoms with Crippen LogP contribution >= 0.6 is 11.6 Å². The van der Waals surface area contributed by atoms with Crippen LogP contribution in [0.1, 0.15) is 16.1 Å². The van der Waals surface area contributed by atoms with E-state index in [-0.39, 0.29) is 27.7 Å². The number of hydrogen-bond donors (Lipinski definition) is 2. The zero-order valence-corrected chi connectivity index (χ0v) is 16.9. The smallest absolute Gasteiger partial charge is 0.435 e. The van der Waals surface area contributed by atoms with Crippen LogP contribution in [0.25, 0.3) is 16.9 Å². The van der Waals surface area contributed by atoms with Crippen LogP contribution in [0.2, 0.25) is 5.02 Å². The van der Waals surface area contributed by atoms with E-state index in [1.807, 2.05) is 0 Å². The van der Waals surface area contributed by atoms with E-state index >= 15 is 0 Å². The van der Waals surface area contributed by atoms with Gasteiger partial charge >= 0.3 is 12.1 Å². The van der Waals surface area contributed by atoms with Crippen molar-refractivity contribution in [3.05, 3.63) is 59.3 Å². The van der Waals surface area contributed by atoms with Crippen molar-refractivity contribution in [1.82, 2.24) is 24.1 Å². The van der Waals surface area contributed by atoms with Crippen LogP contribution in [-0.4, -0.2) is 41.7 Å². The summed E-state index contributed by atoms with van der Waals surface area (Å²) in [6, 6.07) is 4.05. The summed E-state index contributed by atoms with van der Waals surface area (Å²) in [4.78, 5) is 19.3. The highest BCUT2D eigenvalue weighted by molar-refractivity contribution is 6.33. The fraction of sp³-hybridized carbons (Fsp3) is 0.158.